The summed E-state index contributed by atoms with van der Waals surface area (Å²) in [7, 11) is -2.18. The van der Waals surface area contributed by atoms with Crippen molar-refractivity contribution >= 4 is 33.2 Å². The Morgan fingerprint density at radius 1 is 0.931 bits per heavy atom. The lowest BCUT2D eigenvalue weighted by atomic mass is 10.2. The second-order valence-corrected chi connectivity index (χ2v) is 8.29. The monoisotopic (exact) mass is 430 g/mol. The molecule has 150 valence electrons. The zero-order valence-electron chi connectivity index (χ0n) is 15.6. The molecule has 3 rings (SSSR count). The number of hydrogen-bond donors (Lipinski definition) is 2. The van der Waals surface area contributed by atoms with Crippen molar-refractivity contribution in [3.8, 4) is 5.75 Å². The highest BCUT2D eigenvalue weighted by Gasteiger charge is 2.15. The highest BCUT2D eigenvalue weighted by molar-refractivity contribution is 7.92. The summed E-state index contributed by atoms with van der Waals surface area (Å²) in [6.07, 6.45) is 0. The molecule has 0 radical (unpaired) electrons. The number of sulfonamides is 1. The molecule has 2 N–H and O–H groups in total. The second kappa shape index (κ2) is 8.98. The third-order valence-corrected chi connectivity index (χ3v) is 5.78. The van der Waals surface area contributed by atoms with Crippen LogP contribution in [0.1, 0.15) is 15.9 Å². The average molecular weight is 431 g/mol. The Kier molecular flexibility index (Phi) is 6.41. The van der Waals surface area contributed by atoms with Gasteiger partial charge >= 0.3 is 0 Å². The van der Waals surface area contributed by atoms with Gasteiger partial charge in [0.05, 0.1) is 12.0 Å². The predicted octanol–water partition coefficient (Wildman–Crippen LogP) is 4.08. The lowest BCUT2D eigenvalue weighted by Gasteiger charge is -2.09. The van der Waals surface area contributed by atoms with Gasteiger partial charge in [0.2, 0.25) is 0 Å². The van der Waals surface area contributed by atoms with Crippen molar-refractivity contribution in [2.75, 3.05) is 11.8 Å². The van der Waals surface area contributed by atoms with Gasteiger partial charge in [0, 0.05) is 22.8 Å². The third kappa shape index (κ3) is 5.49. The maximum atomic E-state index is 12.5. The average Bonchev–Trinajstić information content (AvgIpc) is 2.74. The maximum absolute atomic E-state index is 12.5. The molecular formula is C21H19ClN2O4S. The van der Waals surface area contributed by atoms with Crippen LogP contribution in [0.3, 0.4) is 0 Å². The molecule has 0 aliphatic carbocycles. The first-order valence-electron chi connectivity index (χ1n) is 8.67. The molecule has 0 aromatic heterocycles. The van der Waals surface area contributed by atoms with Gasteiger partial charge in [-0.1, -0.05) is 23.7 Å². The van der Waals surface area contributed by atoms with Crippen LogP contribution >= 0.6 is 11.6 Å². The summed E-state index contributed by atoms with van der Waals surface area (Å²) in [4.78, 5) is 12.4. The smallest absolute Gasteiger partial charge is 0.261 e. The zero-order valence-corrected chi connectivity index (χ0v) is 17.1. The highest BCUT2D eigenvalue weighted by atomic mass is 35.5. The number of benzene rings is 3. The molecule has 0 saturated carbocycles. The van der Waals surface area contributed by atoms with Crippen molar-refractivity contribution in [1.29, 1.82) is 0 Å². The minimum atomic E-state index is -3.77. The van der Waals surface area contributed by atoms with E-state index in [4.69, 9.17) is 16.3 Å². The van der Waals surface area contributed by atoms with Crippen molar-refractivity contribution in [2.24, 2.45) is 0 Å². The summed E-state index contributed by atoms with van der Waals surface area (Å²) in [6, 6.07) is 19.4. The van der Waals surface area contributed by atoms with Crippen LogP contribution in [0.2, 0.25) is 5.02 Å². The SMILES string of the molecule is COc1ccc(CNC(=O)c2ccc(S(=O)(=O)Nc3ccc(Cl)cc3)cc2)cc1. The van der Waals surface area contributed by atoms with E-state index in [9.17, 15) is 13.2 Å². The fourth-order valence-corrected chi connectivity index (χ4v) is 3.73. The van der Waals surface area contributed by atoms with Crippen LogP contribution < -0.4 is 14.8 Å². The van der Waals surface area contributed by atoms with E-state index in [1.165, 1.54) is 24.3 Å². The first-order chi connectivity index (χ1) is 13.9. The Hall–Kier alpha value is -3.03. The van der Waals surface area contributed by atoms with E-state index in [0.717, 1.165) is 11.3 Å². The van der Waals surface area contributed by atoms with Crippen molar-refractivity contribution in [3.05, 3.63) is 88.9 Å². The number of amides is 1. The topological polar surface area (TPSA) is 84.5 Å². The minimum Gasteiger partial charge on any atom is -0.497 e. The number of carbonyl (C=O) groups is 1. The highest BCUT2D eigenvalue weighted by Crippen LogP contribution is 2.19. The molecule has 0 saturated heterocycles. The number of halogens is 1. The summed E-state index contributed by atoms with van der Waals surface area (Å²) in [5.41, 5.74) is 1.69. The van der Waals surface area contributed by atoms with E-state index in [1.54, 1.807) is 31.4 Å². The van der Waals surface area contributed by atoms with Crippen LogP contribution in [0.15, 0.2) is 77.7 Å². The summed E-state index contributed by atoms with van der Waals surface area (Å²) in [5, 5.41) is 3.31. The molecule has 29 heavy (non-hydrogen) atoms. The Morgan fingerprint density at radius 2 is 1.55 bits per heavy atom. The zero-order chi connectivity index (χ0) is 20.9. The normalized spacial score (nSPS) is 11.0. The van der Waals surface area contributed by atoms with Crippen LogP contribution in [0.4, 0.5) is 5.69 Å². The number of nitrogens with one attached hydrogen (secondary N) is 2. The molecule has 6 nitrogen and oxygen atoms in total. The molecule has 3 aromatic carbocycles. The number of rotatable bonds is 7. The fourth-order valence-electron chi connectivity index (χ4n) is 2.55. The molecule has 0 unspecified atom stereocenters. The van der Waals surface area contributed by atoms with Gasteiger partial charge in [0.1, 0.15) is 5.75 Å². The molecule has 0 fully saturated rings. The molecule has 0 aliphatic heterocycles. The van der Waals surface area contributed by atoms with Crippen LogP contribution in [0, 0.1) is 0 Å². The number of methoxy groups -OCH3 is 1. The van der Waals surface area contributed by atoms with Crippen LogP contribution in [-0.4, -0.2) is 21.4 Å². The van der Waals surface area contributed by atoms with E-state index in [-0.39, 0.29) is 10.8 Å². The van der Waals surface area contributed by atoms with Gasteiger partial charge in [-0.3, -0.25) is 9.52 Å². The Morgan fingerprint density at radius 3 is 2.14 bits per heavy atom. The van der Waals surface area contributed by atoms with Crippen molar-refractivity contribution in [2.45, 2.75) is 11.4 Å². The van der Waals surface area contributed by atoms with E-state index >= 15 is 0 Å². The minimum absolute atomic E-state index is 0.0548. The van der Waals surface area contributed by atoms with E-state index in [1.807, 2.05) is 24.3 Å². The largest absolute Gasteiger partial charge is 0.497 e. The first kappa shape index (κ1) is 20.7. The van der Waals surface area contributed by atoms with E-state index in [2.05, 4.69) is 10.0 Å². The van der Waals surface area contributed by atoms with Gasteiger partial charge in [0.15, 0.2) is 0 Å². The molecular weight excluding hydrogens is 412 g/mol. The number of hydrogen-bond acceptors (Lipinski definition) is 4. The van der Waals surface area contributed by atoms with Crippen LogP contribution in [0.25, 0.3) is 0 Å². The Bertz CT molecular complexity index is 1080. The van der Waals surface area contributed by atoms with E-state index < -0.39 is 10.0 Å². The predicted molar refractivity (Wildman–Crippen MR) is 113 cm³/mol. The Balaban J connectivity index is 1.63. The summed E-state index contributed by atoms with van der Waals surface area (Å²) < 4.78 is 32.5. The van der Waals surface area contributed by atoms with Crippen molar-refractivity contribution in [1.82, 2.24) is 5.32 Å². The van der Waals surface area contributed by atoms with Gasteiger partial charge in [0.25, 0.3) is 15.9 Å². The summed E-state index contributed by atoms with van der Waals surface area (Å²) >= 11 is 5.80. The van der Waals surface area contributed by atoms with Gasteiger partial charge in [-0.05, 0) is 66.2 Å². The number of anilines is 1. The standard InChI is InChI=1S/C21H19ClN2O4S/c1-28-19-10-2-15(3-11-19)14-23-21(25)16-4-12-20(13-5-16)29(26,27)24-18-8-6-17(22)7-9-18/h2-13,24H,14H2,1H3,(H,23,25). The van der Waals surface area contributed by atoms with Crippen LogP contribution in [0.5, 0.6) is 5.75 Å². The molecule has 0 atom stereocenters. The van der Waals surface area contributed by atoms with Crippen molar-refractivity contribution < 1.29 is 17.9 Å². The first-order valence-corrected chi connectivity index (χ1v) is 10.5. The molecule has 0 heterocycles. The summed E-state index contributed by atoms with van der Waals surface area (Å²) in [5.74, 6) is 0.444. The molecule has 0 bridgehead atoms. The second-order valence-electron chi connectivity index (χ2n) is 6.17. The molecule has 0 aliphatic rings. The number of ether oxygens (including phenoxy) is 1. The van der Waals surface area contributed by atoms with Gasteiger partial charge in [-0.2, -0.15) is 0 Å². The van der Waals surface area contributed by atoms with Gasteiger partial charge < -0.3 is 10.1 Å². The van der Waals surface area contributed by atoms with E-state index in [0.29, 0.717) is 22.8 Å². The molecule has 0 spiro atoms. The van der Waals surface area contributed by atoms with Gasteiger partial charge in [-0.15, -0.1) is 0 Å². The molecule has 3 aromatic rings. The molecule has 1 amide bonds. The third-order valence-electron chi connectivity index (χ3n) is 4.14. The molecule has 8 heteroatoms. The maximum Gasteiger partial charge on any atom is 0.261 e. The lowest BCUT2D eigenvalue weighted by molar-refractivity contribution is 0.0951. The quantitative estimate of drug-likeness (QED) is 0.591. The lowest BCUT2D eigenvalue weighted by Crippen LogP contribution is -2.23. The van der Waals surface area contributed by atoms with Crippen LogP contribution in [-0.2, 0) is 16.6 Å². The summed E-state index contributed by atoms with van der Waals surface area (Å²) in [6.45, 7) is 0.348. The fraction of sp³-hybridized carbons (Fsp3) is 0.0952. The Labute approximate surface area is 174 Å². The van der Waals surface area contributed by atoms with Gasteiger partial charge in [-0.25, -0.2) is 8.42 Å². The van der Waals surface area contributed by atoms with Crippen molar-refractivity contribution in [3.63, 3.8) is 0 Å². The number of carbonyl (C=O) groups excluding carboxylic acids is 1.